The van der Waals surface area contributed by atoms with Gasteiger partial charge in [0.15, 0.2) is 0 Å². The molecule has 0 spiro atoms. The third-order valence-corrected chi connectivity index (χ3v) is 7.39. The zero-order valence-corrected chi connectivity index (χ0v) is 18.1. The van der Waals surface area contributed by atoms with Gasteiger partial charge in [0.25, 0.3) is 0 Å². The van der Waals surface area contributed by atoms with Crippen LogP contribution >= 0.6 is 0 Å². The second-order valence-corrected chi connectivity index (χ2v) is 10.6. The summed E-state index contributed by atoms with van der Waals surface area (Å²) in [6.45, 7) is 1.59. The average molecular weight is 427 g/mol. The van der Waals surface area contributed by atoms with Crippen LogP contribution in [0, 0.1) is 0 Å². The molecule has 0 aliphatic rings. The lowest BCUT2D eigenvalue weighted by Gasteiger charge is -2.20. The van der Waals surface area contributed by atoms with Crippen molar-refractivity contribution in [1.82, 2.24) is 4.90 Å². The van der Waals surface area contributed by atoms with Gasteiger partial charge in [-0.15, -0.1) is 0 Å². The van der Waals surface area contributed by atoms with Crippen LogP contribution in [0.25, 0.3) is 0 Å². The summed E-state index contributed by atoms with van der Waals surface area (Å²) >= 11 is 0. The van der Waals surface area contributed by atoms with E-state index in [9.17, 15) is 16.8 Å². The van der Waals surface area contributed by atoms with Crippen molar-refractivity contribution in [3.05, 3.63) is 59.7 Å². The molecule has 154 valence electrons. The Bertz CT molecular complexity index is 954. The first-order chi connectivity index (χ1) is 13.0. The highest BCUT2D eigenvalue weighted by Gasteiger charge is 2.26. The Balaban J connectivity index is 2.00. The molecule has 0 radical (unpaired) electrons. The Kier molecular flexibility index (Phi) is 7.08. The standard InChI is InChI=1S/C19H26N2O5S2/c1-20(15-17-7-11-19(26-2)12-8-17)14-13-16-5-9-18(10-6-16)21(27(3,22)23)28(4,24)25/h5-12H,13-15H2,1-4H3. The smallest absolute Gasteiger partial charge is 0.245 e. The van der Waals surface area contributed by atoms with Crippen molar-refractivity contribution in [2.45, 2.75) is 13.0 Å². The third kappa shape index (κ3) is 6.22. The predicted molar refractivity (Wildman–Crippen MR) is 112 cm³/mol. The Morgan fingerprint density at radius 3 is 1.79 bits per heavy atom. The van der Waals surface area contributed by atoms with Crippen molar-refractivity contribution in [3.8, 4) is 5.75 Å². The Labute approximate surface area is 167 Å². The summed E-state index contributed by atoms with van der Waals surface area (Å²) < 4.78 is 52.9. The van der Waals surface area contributed by atoms with Crippen molar-refractivity contribution in [2.24, 2.45) is 0 Å². The van der Waals surface area contributed by atoms with Gasteiger partial charge in [-0.2, -0.15) is 3.71 Å². The molecule has 28 heavy (non-hydrogen) atoms. The zero-order chi connectivity index (χ0) is 20.9. The molecule has 0 aromatic heterocycles. The van der Waals surface area contributed by atoms with Crippen molar-refractivity contribution >= 4 is 25.7 Å². The Morgan fingerprint density at radius 1 is 0.821 bits per heavy atom. The number of anilines is 1. The van der Waals surface area contributed by atoms with Gasteiger partial charge >= 0.3 is 0 Å². The van der Waals surface area contributed by atoms with E-state index < -0.39 is 20.0 Å². The number of methoxy groups -OCH3 is 1. The second-order valence-electron chi connectivity index (χ2n) is 6.73. The number of hydrogen-bond donors (Lipinski definition) is 0. The molecule has 2 aromatic rings. The molecule has 9 heteroatoms. The second kappa shape index (κ2) is 8.93. The number of rotatable bonds is 9. The molecule has 0 fully saturated rings. The normalized spacial score (nSPS) is 12.2. The van der Waals surface area contributed by atoms with Crippen molar-refractivity contribution < 1.29 is 21.6 Å². The molecule has 7 nitrogen and oxygen atoms in total. The van der Waals surface area contributed by atoms with Crippen LogP contribution in [0.1, 0.15) is 11.1 Å². The number of sulfonamides is 2. The first kappa shape index (κ1) is 22.2. The minimum absolute atomic E-state index is 0.111. The highest BCUT2D eigenvalue weighted by Crippen LogP contribution is 2.21. The highest BCUT2D eigenvalue weighted by molar-refractivity contribution is 8.09. The van der Waals surface area contributed by atoms with E-state index in [1.165, 1.54) is 17.7 Å². The van der Waals surface area contributed by atoms with Crippen LogP contribution in [0.4, 0.5) is 5.69 Å². The summed E-state index contributed by atoms with van der Waals surface area (Å²) in [4.78, 5) is 2.18. The van der Waals surface area contributed by atoms with Crippen molar-refractivity contribution in [3.63, 3.8) is 0 Å². The van der Waals surface area contributed by atoms with Gasteiger partial charge in [-0.3, -0.25) is 0 Å². The maximum Gasteiger partial charge on any atom is 0.245 e. The third-order valence-electron chi connectivity index (χ3n) is 4.14. The van der Waals surface area contributed by atoms with E-state index in [1.807, 2.05) is 31.3 Å². The molecule has 0 saturated carbocycles. The van der Waals surface area contributed by atoms with E-state index in [4.69, 9.17) is 4.74 Å². The minimum atomic E-state index is -3.93. The van der Waals surface area contributed by atoms with Gasteiger partial charge in [0, 0.05) is 13.1 Å². The lowest BCUT2D eigenvalue weighted by atomic mass is 10.1. The van der Waals surface area contributed by atoms with Crippen LogP contribution < -0.4 is 8.45 Å². The summed E-state index contributed by atoms with van der Waals surface area (Å²) in [5, 5.41) is 0. The summed E-state index contributed by atoms with van der Waals surface area (Å²) in [6.07, 6.45) is 2.50. The predicted octanol–water partition coefficient (Wildman–Crippen LogP) is 2.10. The van der Waals surface area contributed by atoms with Gasteiger partial charge in [-0.25, -0.2) is 16.8 Å². The van der Waals surface area contributed by atoms with E-state index in [2.05, 4.69) is 4.90 Å². The quantitative estimate of drug-likeness (QED) is 0.611. The fourth-order valence-electron chi connectivity index (χ4n) is 2.85. The lowest BCUT2D eigenvalue weighted by molar-refractivity contribution is 0.331. The molecule has 2 rings (SSSR count). The molecule has 2 aromatic carbocycles. The topological polar surface area (TPSA) is 84.0 Å². The van der Waals surface area contributed by atoms with Gasteiger partial charge in [0.1, 0.15) is 5.75 Å². The van der Waals surface area contributed by atoms with Crippen LogP contribution in [0.5, 0.6) is 5.75 Å². The van der Waals surface area contributed by atoms with E-state index in [0.29, 0.717) is 3.71 Å². The molecule has 0 saturated heterocycles. The number of ether oxygens (including phenoxy) is 1. The molecule has 0 N–H and O–H groups in total. The first-order valence-corrected chi connectivity index (χ1v) is 12.3. The van der Waals surface area contributed by atoms with E-state index in [1.54, 1.807) is 19.2 Å². The van der Waals surface area contributed by atoms with Gasteiger partial charge in [0.2, 0.25) is 20.0 Å². The van der Waals surface area contributed by atoms with E-state index in [-0.39, 0.29) is 5.69 Å². The molecule has 0 amide bonds. The average Bonchev–Trinajstić information content (AvgIpc) is 2.59. The SMILES string of the molecule is COc1ccc(CN(C)CCc2ccc(N(S(C)(=O)=O)S(C)(=O)=O)cc2)cc1. The zero-order valence-electron chi connectivity index (χ0n) is 16.5. The van der Waals surface area contributed by atoms with Crippen LogP contribution in [-0.4, -0.2) is 54.9 Å². The lowest BCUT2D eigenvalue weighted by Crippen LogP contribution is -2.35. The van der Waals surface area contributed by atoms with Crippen LogP contribution in [0.3, 0.4) is 0 Å². The maximum atomic E-state index is 11.8. The number of nitrogens with zero attached hydrogens (tertiary/aromatic N) is 2. The fourth-order valence-corrected chi connectivity index (χ4v) is 5.83. The molecular weight excluding hydrogens is 400 g/mol. The fraction of sp³-hybridized carbons (Fsp3) is 0.368. The molecule has 0 atom stereocenters. The number of likely N-dealkylation sites (N-methyl/N-ethyl adjacent to an activating group) is 1. The molecular formula is C19H26N2O5S2. The Hall–Kier alpha value is -2.10. The molecule has 0 aliphatic carbocycles. The van der Waals surface area contributed by atoms with Crippen LogP contribution in [-0.2, 0) is 33.0 Å². The van der Waals surface area contributed by atoms with Crippen molar-refractivity contribution in [1.29, 1.82) is 0 Å². The Morgan fingerprint density at radius 2 is 1.32 bits per heavy atom. The first-order valence-electron chi connectivity index (χ1n) is 8.61. The summed E-state index contributed by atoms with van der Waals surface area (Å²) in [5.74, 6) is 0.823. The molecule has 0 bridgehead atoms. The summed E-state index contributed by atoms with van der Waals surface area (Å²) in [6, 6.07) is 14.4. The minimum Gasteiger partial charge on any atom is -0.497 e. The molecule has 0 heterocycles. The van der Waals surface area contributed by atoms with Gasteiger partial charge in [0.05, 0.1) is 25.3 Å². The van der Waals surface area contributed by atoms with Gasteiger partial charge < -0.3 is 9.64 Å². The number of hydrogen-bond acceptors (Lipinski definition) is 6. The maximum absolute atomic E-state index is 11.8. The largest absolute Gasteiger partial charge is 0.497 e. The van der Waals surface area contributed by atoms with Gasteiger partial charge in [-0.1, -0.05) is 24.3 Å². The molecule has 0 unspecified atom stereocenters. The summed E-state index contributed by atoms with van der Waals surface area (Å²) in [7, 11) is -4.19. The monoisotopic (exact) mass is 426 g/mol. The van der Waals surface area contributed by atoms with E-state index in [0.717, 1.165) is 43.3 Å². The van der Waals surface area contributed by atoms with Crippen LogP contribution in [0.15, 0.2) is 48.5 Å². The molecule has 0 aliphatic heterocycles. The van der Waals surface area contributed by atoms with Gasteiger partial charge in [-0.05, 0) is 48.9 Å². The van der Waals surface area contributed by atoms with Crippen molar-refractivity contribution in [2.75, 3.05) is 36.9 Å². The summed E-state index contributed by atoms with van der Waals surface area (Å²) in [5.41, 5.74) is 2.28. The number of benzene rings is 2. The highest BCUT2D eigenvalue weighted by atomic mass is 32.3. The van der Waals surface area contributed by atoms with E-state index >= 15 is 0 Å². The van der Waals surface area contributed by atoms with Crippen LogP contribution in [0.2, 0.25) is 0 Å².